The van der Waals surface area contributed by atoms with Crippen LogP contribution in [0.5, 0.6) is 5.75 Å². The quantitative estimate of drug-likeness (QED) is 0.358. The molecular weight excluding hydrogens is 450 g/mol. The summed E-state index contributed by atoms with van der Waals surface area (Å²) in [6.07, 6.45) is 3.04. The predicted octanol–water partition coefficient (Wildman–Crippen LogP) is 4.65. The van der Waals surface area contributed by atoms with Gasteiger partial charge in [-0.1, -0.05) is 18.3 Å². The zero-order valence-corrected chi connectivity index (χ0v) is 20.0. The number of hydrogen-bond donors (Lipinski definition) is 2. The number of hydrogen-bond acceptors (Lipinski definition) is 8. The second-order valence-corrected chi connectivity index (χ2v) is 8.67. The van der Waals surface area contributed by atoms with E-state index in [2.05, 4.69) is 27.1 Å². The van der Waals surface area contributed by atoms with Crippen molar-refractivity contribution in [2.45, 2.75) is 16.8 Å². The topological polar surface area (TPSA) is 88.6 Å². The molecule has 1 aliphatic rings. The summed E-state index contributed by atoms with van der Waals surface area (Å²) in [5.74, 6) is 1.05. The van der Waals surface area contributed by atoms with Crippen molar-refractivity contribution in [1.82, 2.24) is 9.97 Å². The van der Waals surface area contributed by atoms with Gasteiger partial charge in [-0.2, -0.15) is 0 Å². The number of carbonyl (C=O) groups is 1. The summed E-state index contributed by atoms with van der Waals surface area (Å²) in [6, 6.07) is 13.6. The Balaban J connectivity index is 1.47. The fourth-order valence-corrected chi connectivity index (χ4v) is 4.29. The third kappa shape index (κ3) is 5.86. The molecule has 0 spiro atoms. The number of carbonyl (C=O) groups excluding carboxylic acids is 1. The van der Waals surface area contributed by atoms with Crippen LogP contribution in [0.15, 0.2) is 71.2 Å². The first-order valence-corrected chi connectivity index (χ1v) is 11.7. The number of rotatable bonds is 8. The molecule has 1 amide bonds. The van der Waals surface area contributed by atoms with E-state index in [4.69, 9.17) is 14.5 Å². The third-order valence-corrected chi connectivity index (χ3v) is 6.35. The van der Waals surface area contributed by atoms with E-state index >= 15 is 0 Å². The molecular formula is C25H27N5O3S. The van der Waals surface area contributed by atoms with Gasteiger partial charge in [-0.25, -0.2) is 9.97 Å². The van der Waals surface area contributed by atoms with Crippen LogP contribution in [0.1, 0.15) is 5.56 Å². The summed E-state index contributed by atoms with van der Waals surface area (Å²) >= 11 is 1.53. The number of amides is 1. The Bertz CT molecular complexity index is 1160. The fraction of sp³-hybridized carbons (Fsp3) is 0.240. The van der Waals surface area contributed by atoms with Gasteiger partial charge in [-0.05, 0) is 49.4 Å². The Hall–Kier alpha value is -3.56. The Morgan fingerprint density at radius 1 is 1.18 bits per heavy atom. The molecule has 1 aromatic heterocycles. The highest BCUT2D eigenvalue weighted by Gasteiger charge is 2.16. The maximum atomic E-state index is 11.5. The van der Waals surface area contributed by atoms with E-state index in [1.807, 2.05) is 49.4 Å². The molecule has 0 saturated carbocycles. The molecule has 2 N–H and O–H groups in total. The maximum Gasteiger partial charge on any atom is 0.247 e. The van der Waals surface area contributed by atoms with Crippen molar-refractivity contribution in [3.8, 4) is 5.75 Å². The first-order chi connectivity index (χ1) is 16.6. The largest absolute Gasteiger partial charge is 0.495 e. The Morgan fingerprint density at radius 3 is 2.62 bits per heavy atom. The molecule has 34 heavy (non-hydrogen) atoms. The lowest BCUT2D eigenvalue weighted by atomic mass is 10.2. The molecule has 3 aromatic rings. The van der Waals surface area contributed by atoms with Crippen LogP contribution in [0.2, 0.25) is 0 Å². The molecule has 2 aromatic carbocycles. The zero-order chi connectivity index (χ0) is 23.9. The molecule has 1 fully saturated rings. The Kier molecular flexibility index (Phi) is 7.66. The summed E-state index contributed by atoms with van der Waals surface area (Å²) in [5, 5.41) is 6.87. The summed E-state index contributed by atoms with van der Waals surface area (Å²) in [6.45, 7) is 8.55. The Labute approximate surface area is 203 Å². The monoisotopic (exact) mass is 477 g/mol. The van der Waals surface area contributed by atoms with E-state index in [1.165, 1.54) is 17.8 Å². The summed E-state index contributed by atoms with van der Waals surface area (Å²) < 4.78 is 11.1. The lowest BCUT2D eigenvalue weighted by Gasteiger charge is -2.30. The van der Waals surface area contributed by atoms with Crippen LogP contribution >= 0.6 is 11.8 Å². The van der Waals surface area contributed by atoms with E-state index < -0.39 is 0 Å². The van der Waals surface area contributed by atoms with Crippen molar-refractivity contribution in [1.29, 1.82) is 0 Å². The van der Waals surface area contributed by atoms with Crippen molar-refractivity contribution in [3.05, 3.63) is 66.9 Å². The van der Waals surface area contributed by atoms with E-state index in [0.717, 1.165) is 45.7 Å². The van der Waals surface area contributed by atoms with Gasteiger partial charge in [-0.3, -0.25) is 4.79 Å². The van der Waals surface area contributed by atoms with Gasteiger partial charge >= 0.3 is 0 Å². The molecule has 1 aliphatic heterocycles. The van der Waals surface area contributed by atoms with Crippen LogP contribution in [0.4, 0.5) is 23.0 Å². The molecule has 0 atom stereocenters. The number of nitrogens with one attached hydrogen (secondary N) is 2. The average Bonchev–Trinajstić information content (AvgIpc) is 2.87. The fourth-order valence-electron chi connectivity index (χ4n) is 3.45. The number of morpholine rings is 1. The van der Waals surface area contributed by atoms with Crippen LogP contribution in [-0.2, 0) is 9.53 Å². The van der Waals surface area contributed by atoms with Gasteiger partial charge in [0.05, 0.1) is 26.0 Å². The minimum Gasteiger partial charge on any atom is -0.495 e. The molecule has 0 aliphatic carbocycles. The van der Waals surface area contributed by atoms with E-state index in [-0.39, 0.29) is 5.91 Å². The normalized spacial score (nSPS) is 13.3. The summed E-state index contributed by atoms with van der Waals surface area (Å²) in [7, 11) is 1.67. The molecule has 4 rings (SSSR count). The van der Waals surface area contributed by atoms with Crippen LogP contribution in [-0.4, -0.2) is 49.3 Å². The maximum absolute atomic E-state index is 11.5. The second-order valence-electron chi connectivity index (χ2n) is 7.61. The standard InChI is InChI=1S/C25H27N5O3S/c1-4-23(31)27-18-5-8-20(9-6-18)34-24-17(2)16-26-25(29-24)28-19-7-10-21(22(15-19)32-3)30-11-13-33-14-12-30/h4-10,15-16H,1,11-14H2,2-3H3,(H,27,31)(H,26,28,29). The van der Waals surface area contributed by atoms with Crippen LogP contribution < -0.4 is 20.3 Å². The molecule has 0 unspecified atom stereocenters. The van der Waals surface area contributed by atoms with Crippen molar-refractivity contribution in [3.63, 3.8) is 0 Å². The number of benzene rings is 2. The van der Waals surface area contributed by atoms with Crippen molar-refractivity contribution >= 4 is 40.7 Å². The number of anilines is 4. The second kappa shape index (κ2) is 11.0. The van der Waals surface area contributed by atoms with Crippen LogP contribution in [0, 0.1) is 6.92 Å². The highest BCUT2D eigenvalue weighted by molar-refractivity contribution is 7.99. The molecule has 2 heterocycles. The average molecular weight is 478 g/mol. The van der Waals surface area contributed by atoms with Gasteiger partial charge in [0, 0.05) is 47.2 Å². The van der Waals surface area contributed by atoms with Crippen LogP contribution in [0.3, 0.4) is 0 Å². The van der Waals surface area contributed by atoms with Gasteiger partial charge in [0.2, 0.25) is 11.9 Å². The lowest BCUT2D eigenvalue weighted by molar-refractivity contribution is -0.111. The number of aromatic nitrogens is 2. The number of methoxy groups -OCH3 is 1. The summed E-state index contributed by atoms with van der Waals surface area (Å²) in [4.78, 5) is 23.9. The molecule has 0 radical (unpaired) electrons. The summed E-state index contributed by atoms with van der Waals surface area (Å²) in [5.41, 5.74) is 3.58. The highest BCUT2D eigenvalue weighted by Crippen LogP contribution is 2.34. The van der Waals surface area contributed by atoms with Gasteiger partial charge in [0.15, 0.2) is 0 Å². The molecule has 8 nitrogen and oxygen atoms in total. The number of ether oxygens (including phenoxy) is 2. The van der Waals surface area contributed by atoms with Crippen molar-refractivity contribution in [2.75, 3.05) is 48.9 Å². The van der Waals surface area contributed by atoms with Gasteiger partial charge < -0.3 is 25.0 Å². The SMILES string of the molecule is C=CC(=O)Nc1ccc(Sc2nc(Nc3ccc(N4CCOCC4)c(OC)c3)ncc2C)cc1. The third-order valence-electron chi connectivity index (χ3n) is 5.23. The van der Waals surface area contributed by atoms with Crippen molar-refractivity contribution < 1.29 is 14.3 Å². The number of nitrogens with zero attached hydrogens (tertiary/aromatic N) is 3. The van der Waals surface area contributed by atoms with Gasteiger partial charge in [0.25, 0.3) is 0 Å². The van der Waals surface area contributed by atoms with Crippen molar-refractivity contribution in [2.24, 2.45) is 0 Å². The smallest absolute Gasteiger partial charge is 0.247 e. The highest BCUT2D eigenvalue weighted by atomic mass is 32.2. The first-order valence-electron chi connectivity index (χ1n) is 10.9. The van der Waals surface area contributed by atoms with Gasteiger partial charge in [-0.15, -0.1) is 0 Å². The zero-order valence-electron chi connectivity index (χ0n) is 19.2. The molecule has 9 heteroatoms. The lowest BCUT2D eigenvalue weighted by Crippen LogP contribution is -2.36. The van der Waals surface area contributed by atoms with Gasteiger partial charge in [0.1, 0.15) is 10.8 Å². The first kappa shape index (κ1) is 23.6. The van der Waals surface area contributed by atoms with E-state index in [1.54, 1.807) is 13.3 Å². The van der Waals surface area contributed by atoms with E-state index in [0.29, 0.717) is 24.8 Å². The molecule has 176 valence electrons. The van der Waals surface area contributed by atoms with Crippen LogP contribution in [0.25, 0.3) is 0 Å². The van der Waals surface area contributed by atoms with E-state index in [9.17, 15) is 4.79 Å². The predicted molar refractivity (Wildman–Crippen MR) is 135 cm³/mol. The molecule has 1 saturated heterocycles. The Morgan fingerprint density at radius 2 is 1.91 bits per heavy atom. The minimum atomic E-state index is -0.239. The minimum absolute atomic E-state index is 0.239. The number of aryl methyl sites for hydroxylation is 1. The molecule has 0 bridgehead atoms.